The van der Waals surface area contributed by atoms with Crippen molar-refractivity contribution in [3.8, 4) is 0 Å². The van der Waals surface area contributed by atoms with Crippen LogP contribution < -0.4 is 10.6 Å². The van der Waals surface area contributed by atoms with Gasteiger partial charge in [-0.2, -0.15) is 0 Å². The molecule has 0 radical (unpaired) electrons. The standard InChI is InChI=1S/C14H15N3S/c1-11-4-2-3-5-12(11)10-16-14(18)17-13-6-8-15-9-7-13/h2-9H,10H2,1H3,(H2,15,16,17,18). The first-order chi connectivity index (χ1) is 8.75. The maximum absolute atomic E-state index is 5.24. The van der Waals surface area contributed by atoms with Crippen molar-refractivity contribution < 1.29 is 0 Å². The predicted octanol–water partition coefficient (Wildman–Crippen LogP) is 2.88. The normalized spacial score (nSPS) is 9.83. The molecule has 1 aromatic carbocycles. The maximum Gasteiger partial charge on any atom is 0.171 e. The van der Waals surface area contributed by atoms with E-state index in [0.717, 1.165) is 12.2 Å². The van der Waals surface area contributed by atoms with Gasteiger partial charge in [0.1, 0.15) is 0 Å². The van der Waals surface area contributed by atoms with Gasteiger partial charge >= 0.3 is 0 Å². The molecule has 18 heavy (non-hydrogen) atoms. The average Bonchev–Trinajstić information content (AvgIpc) is 2.39. The number of anilines is 1. The van der Waals surface area contributed by atoms with Crippen LogP contribution in [0.15, 0.2) is 48.8 Å². The fraction of sp³-hybridized carbons (Fsp3) is 0.143. The van der Waals surface area contributed by atoms with Gasteiger partial charge in [0.2, 0.25) is 0 Å². The van der Waals surface area contributed by atoms with Crippen molar-refractivity contribution in [2.45, 2.75) is 13.5 Å². The topological polar surface area (TPSA) is 37.0 Å². The lowest BCUT2D eigenvalue weighted by Gasteiger charge is -2.11. The maximum atomic E-state index is 5.24. The zero-order valence-corrected chi connectivity index (χ0v) is 11.0. The van der Waals surface area contributed by atoms with Gasteiger partial charge in [0, 0.05) is 24.6 Å². The fourth-order valence-corrected chi connectivity index (χ4v) is 1.78. The number of pyridine rings is 1. The number of thiocarbonyl (C=S) groups is 1. The van der Waals surface area contributed by atoms with E-state index < -0.39 is 0 Å². The van der Waals surface area contributed by atoms with E-state index in [0.29, 0.717) is 5.11 Å². The molecule has 0 aliphatic rings. The lowest BCUT2D eigenvalue weighted by atomic mass is 10.1. The van der Waals surface area contributed by atoms with Crippen LogP contribution in [0.2, 0.25) is 0 Å². The van der Waals surface area contributed by atoms with E-state index in [-0.39, 0.29) is 0 Å². The minimum atomic E-state index is 0.615. The summed E-state index contributed by atoms with van der Waals surface area (Å²) >= 11 is 5.24. The highest BCUT2D eigenvalue weighted by molar-refractivity contribution is 7.80. The zero-order chi connectivity index (χ0) is 12.8. The summed E-state index contributed by atoms with van der Waals surface area (Å²) in [6.45, 7) is 2.82. The van der Waals surface area contributed by atoms with Crippen LogP contribution in [-0.2, 0) is 6.54 Å². The van der Waals surface area contributed by atoms with E-state index >= 15 is 0 Å². The Hall–Kier alpha value is -1.94. The Morgan fingerprint density at radius 1 is 1.17 bits per heavy atom. The van der Waals surface area contributed by atoms with Crippen molar-refractivity contribution in [2.75, 3.05) is 5.32 Å². The Morgan fingerprint density at radius 2 is 1.89 bits per heavy atom. The molecular formula is C14H15N3S. The van der Waals surface area contributed by atoms with Gasteiger partial charge in [-0.1, -0.05) is 24.3 Å². The number of aromatic nitrogens is 1. The third-order valence-corrected chi connectivity index (χ3v) is 2.89. The highest BCUT2D eigenvalue weighted by Gasteiger charge is 1.99. The summed E-state index contributed by atoms with van der Waals surface area (Å²) in [6.07, 6.45) is 3.46. The van der Waals surface area contributed by atoms with E-state index in [1.165, 1.54) is 11.1 Å². The lowest BCUT2D eigenvalue weighted by molar-refractivity contribution is 0.915. The van der Waals surface area contributed by atoms with E-state index in [2.05, 4.69) is 34.7 Å². The van der Waals surface area contributed by atoms with Crippen LogP contribution in [0.4, 0.5) is 5.69 Å². The monoisotopic (exact) mass is 257 g/mol. The Balaban J connectivity index is 1.88. The van der Waals surface area contributed by atoms with Gasteiger partial charge in [0.25, 0.3) is 0 Å². The first-order valence-corrected chi connectivity index (χ1v) is 6.16. The van der Waals surface area contributed by atoms with Crippen molar-refractivity contribution in [1.82, 2.24) is 10.3 Å². The van der Waals surface area contributed by atoms with Gasteiger partial charge in [0.05, 0.1) is 0 Å². The number of aryl methyl sites for hydroxylation is 1. The number of hydrogen-bond donors (Lipinski definition) is 2. The van der Waals surface area contributed by atoms with Crippen LogP contribution in [-0.4, -0.2) is 10.1 Å². The lowest BCUT2D eigenvalue weighted by Crippen LogP contribution is -2.28. The molecule has 0 unspecified atom stereocenters. The van der Waals surface area contributed by atoms with Crippen molar-refractivity contribution in [1.29, 1.82) is 0 Å². The SMILES string of the molecule is Cc1ccccc1CNC(=S)Nc1ccncc1. The second kappa shape index (κ2) is 6.12. The second-order valence-electron chi connectivity index (χ2n) is 3.97. The van der Waals surface area contributed by atoms with Gasteiger partial charge in [-0.05, 0) is 42.4 Å². The van der Waals surface area contributed by atoms with E-state index in [4.69, 9.17) is 12.2 Å². The Kier molecular flexibility index (Phi) is 4.25. The second-order valence-corrected chi connectivity index (χ2v) is 4.38. The first kappa shape index (κ1) is 12.5. The van der Waals surface area contributed by atoms with Crippen LogP contribution in [0.3, 0.4) is 0 Å². The number of nitrogens with one attached hydrogen (secondary N) is 2. The summed E-state index contributed by atoms with van der Waals surface area (Å²) in [4.78, 5) is 3.95. The summed E-state index contributed by atoms with van der Waals surface area (Å²) in [7, 11) is 0. The Labute approximate surface area is 112 Å². The molecule has 2 aromatic rings. The smallest absolute Gasteiger partial charge is 0.171 e. The molecule has 2 rings (SSSR count). The molecule has 0 bridgehead atoms. The molecule has 0 atom stereocenters. The number of benzene rings is 1. The molecule has 3 nitrogen and oxygen atoms in total. The van der Waals surface area contributed by atoms with Crippen molar-refractivity contribution >= 4 is 23.0 Å². The molecule has 0 saturated heterocycles. The largest absolute Gasteiger partial charge is 0.358 e. The van der Waals surface area contributed by atoms with Gasteiger partial charge in [-0.15, -0.1) is 0 Å². The predicted molar refractivity (Wildman–Crippen MR) is 78.5 cm³/mol. The van der Waals surface area contributed by atoms with Crippen LogP contribution in [0.1, 0.15) is 11.1 Å². The first-order valence-electron chi connectivity index (χ1n) is 5.75. The Bertz CT molecular complexity index is 526. The molecule has 0 aliphatic heterocycles. The summed E-state index contributed by atoms with van der Waals surface area (Å²) in [5.41, 5.74) is 3.44. The van der Waals surface area contributed by atoms with Crippen molar-refractivity contribution in [2.24, 2.45) is 0 Å². The number of nitrogens with zero attached hydrogens (tertiary/aromatic N) is 1. The van der Waals surface area contributed by atoms with E-state index in [1.807, 2.05) is 24.3 Å². The third-order valence-electron chi connectivity index (χ3n) is 2.64. The number of rotatable bonds is 3. The number of hydrogen-bond acceptors (Lipinski definition) is 2. The highest BCUT2D eigenvalue weighted by Crippen LogP contribution is 2.07. The fourth-order valence-electron chi connectivity index (χ4n) is 1.59. The molecular weight excluding hydrogens is 242 g/mol. The van der Waals surface area contributed by atoms with Gasteiger partial charge in [-0.25, -0.2) is 0 Å². The summed E-state index contributed by atoms with van der Waals surface area (Å²) in [5, 5.41) is 6.92. The molecule has 1 aromatic heterocycles. The molecule has 92 valence electrons. The van der Waals surface area contributed by atoms with Crippen LogP contribution in [0, 0.1) is 6.92 Å². The van der Waals surface area contributed by atoms with E-state index in [9.17, 15) is 0 Å². The van der Waals surface area contributed by atoms with Crippen LogP contribution in [0.5, 0.6) is 0 Å². The van der Waals surface area contributed by atoms with Gasteiger partial charge in [0.15, 0.2) is 5.11 Å². The average molecular weight is 257 g/mol. The van der Waals surface area contributed by atoms with Crippen molar-refractivity contribution in [3.63, 3.8) is 0 Å². The minimum absolute atomic E-state index is 0.615. The van der Waals surface area contributed by atoms with Crippen LogP contribution in [0.25, 0.3) is 0 Å². The molecule has 4 heteroatoms. The molecule has 0 saturated carbocycles. The zero-order valence-electron chi connectivity index (χ0n) is 10.2. The van der Waals surface area contributed by atoms with Crippen molar-refractivity contribution in [3.05, 3.63) is 59.9 Å². The van der Waals surface area contributed by atoms with E-state index in [1.54, 1.807) is 12.4 Å². The molecule has 0 aliphatic carbocycles. The third kappa shape index (κ3) is 3.53. The Morgan fingerprint density at radius 3 is 2.61 bits per heavy atom. The summed E-state index contributed by atoms with van der Waals surface area (Å²) < 4.78 is 0. The van der Waals surface area contributed by atoms with Crippen LogP contribution >= 0.6 is 12.2 Å². The molecule has 0 spiro atoms. The highest BCUT2D eigenvalue weighted by atomic mass is 32.1. The van der Waals surface area contributed by atoms with Gasteiger partial charge < -0.3 is 10.6 Å². The molecule has 0 amide bonds. The minimum Gasteiger partial charge on any atom is -0.358 e. The molecule has 2 N–H and O–H groups in total. The molecule has 0 fully saturated rings. The summed E-state index contributed by atoms with van der Waals surface area (Å²) in [5.74, 6) is 0. The molecule has 1 heterocycles. The van der Waals surface area contributed by atoms with Gasteiger partial charge in [-0.3, -0.25) is 4.98 Å². The summed E-state index contributed by atoms with van der Waals surface area (Å²) in [6, 6.07) is 12.0. The quantitative estimate of drug-likeness (QED) is 0.829.